The van der Waals surface area contributed by atoms with Crippen LogP contribution in [-0.4, -0.2) is 12.1 Å². The minimum absolute atomic E-state index is 0.256. The van der Waals surface area contributed by atoms with Crippen molar-refractivity contribution in [3.63, 3.8) is 0 Å². The minimum Gasteiger partial charge on any atom is -0.489 e. The first kappa shape index (κ1) is 19.4. The maximum absolute atomic E-state index is 12.3. The van der Waals surface area contributed by atoms with Crippen molar-refractivity contribution in [2.75, 3.05) is 0 Å². The van der Waals surface area contributed by atoms with E-state index in [9.17, 15) is 4.79 Å². The van der Waals surface area contributed by atoms with E-state index < -0.39 is 0 Å². The van der Waals surface area contributed by atoms with Crippen LogP contribution in [0.1, 0.15) is 38.2 Å². The number of benzene rings is 3. The molecule has 3 rings (SSSR count). The molecule has 0 aliphatic rings. The van der Waals surface area contributed by atoms with E-state index >= 15 is 0 Å². The van der Waals surface area contributed by atoms with Gasteiger partial charge in [-0.25, -0.2) is 5.43 Å². The van der Waals surface area contributed by atoms with E-state index in [-0.39, 0.29) is 5.91 Å². The standard InChI is InChI=1S/C24H24N2O2/c1-17-13-18(2)23(19(3)14-17)15-25-26-24(27)21-9-11-22(12-10-21)28-16-20-7-5-4-6-8-20/h4-15H,16H2,1-3H3,(H,26,27). The van der Waals surface area contributed by atoms with Gasteiger partial charge in [0, 0.05) is 11.1 Å². The number of nitrogens with one attached hydrogen (secondary N) is 1. The lowest BCUT2D eigenvalue weighted by molar-refractivity contribution is 0.0955. The molecule has 0 bridgehead atoms. The summed E-state index contributed by atoms with van der Waals surface area (Å²) in [5.41, 5.74) is 8.72. The maximum atomic E-state index is 12.3. The lowest BCUT2D eigenvalue weighted by Gasteiger charge is -2.08. The lowest BCUT2D eigenvalue weighted by atomic mass is 10.0. The highest BCUT2D eigenvalue weighted by atomic mass is 16.5. The minimum atomic E-state index is -0.256. The van der Waals surface area contributed by atoms with Crippen molar-refractivity contribution in [1.29, 1.82) is 0 Å². The van der Waals surface area contributed by atoms with Gasteiger partial charge in [0.1, 0.15) is 12.4 Å². The summed E-state index contributed by atoms with van der Waals surface area (Å²) < 4.78 is 5.74. The fraction of sp³-hybridized carbons (Fsp3) is 0.167. The zero-order valence-corrected chi connectivity index (χ0v) is 16.4. The summed E-state index contributed by atoms with van der Waals surface area (Å²) in [6, 6.07) is 21.2. The van der Waals surface area contributed by atoms with E-state index in [1.54, 1.807) is 30.5 Å². The number of hydrazone groups is 1. The van der Waals surface area contributed by atoms with Gasteiger partial charge in [0.15, 0.2) is 0 Å². The van der Waals surface area contributed by atoms with Crippen molar-refractivity contribution in [2.24, 2.45) is 5.10 Å². The summed E-state index contributed by atoms with van der Waals surface area (Å²) in [5.74, 6) is 0.461. The Labute approximate surface area is 165 Å². The molecule has 0 aromatic heterocycles. The lowest BCUT2D eigenvalue weighted by Crippen LogP contribution is -2.17. The van der Waals surface area contributed by atoms with Gasteiger partial charge in [-0.2, -0.15) is 5.10 Å². The molecule has 3 aromatic rings. The molecule has 0 heterocycles. The highest BCUT2D eigenvalue weighted by molar-refractivity contribution is 5.95. The number of aryl methyl sites for hydroxylation is 3. The van der Waals surface area contributed by atoms with Crippen LogP contribution in [-0.2, 0) is 6.61 Å². The Morgan fingerprint density at radius 2 is 1.61 bits per heavy atom. The van der Waals surface area contributed by atoms with E-state index in [1.165, 1.54) is 5.56 Å². The molecule has 142 valence electrons. The Balaban J connectivity index is 1.57. The van der Waals surface area contributed by atoms with Crippen molar-refractivity contribution >= 4 is 12.1 Å². The summed E-state index contributed by atoms with van der Waals surface area (Å²) in [7, 11) is 0. The summed E-state index contributed by atoms with van der Waals surface area (Å²) in [4.78, 5) is 12.3. The zero-order chi connectivity index (χ0) is 19.9. The molecule has 0 spiro atoms. The van der Waals surface area contributed by atoms with Gasteiger partial charge >= 0.3 is 0 Å². The van der Waals surface area contributed by atoms with Crippen molar-refractivity contribution in [3.05, 3.63) is 100 Å². The van der Waals surface area contributed by atoms with E-state index in [0.717, 1.165) is 28.0 Å². The van der Waals surface area contributed by atoms with Crippen LogP contribution >= 0.6 is 0 Å². The Hall–Kier alpha value is -3.40. The molecule has 0 saturated heterocycles. The van der Waals surface area contributed by atoms with Crippen LogP contribution < -0.4 is 10.2 Å². The summed E-state index contributed by atoms with van der Waals surface area (Å²) in [6.45, 7) is 6.64. The van der Waals surface area contributed by atoms with E-state index in [4.69, 9.17) is 4.74 Å². The van der Waals surface area contributed by atoms with E-state index in [1.807, 2.05) is 44.2 Å². The molecule has 4 heteroatoms. The van der Waals surface area contributed by atoms with Crippen LogP contribution in [0.5, 0.6) is 5.75 Å². The van der Waals surface area contributed by atoms with Gasteiger partial charge < -0.3 is 4.74 Å². The number of rotatable bonds is 6. The van der Waals surface area contributed by atoms with Gasteiger partial charge in [-0.15, -0.1) is 0 Å². The van der Waals surface area contributed by atoms with Crippen LogP contribution in [0.2, 0.25) is 0 Å². The molecule has 4 nitrogen and oxygen atoms in total. The first-order chi connectivity index (χ1) is 13.5. The Morgan fingerprint density at radius 1 is 0.964 bits per heavy atom. The Kier molecular flexibility index (Phi) is 6.22. The van der Waals surface area contributed by atoms with Gasteiger partial charge in [-0.05, 0) is 61.7 Å². The largest absolute Gasteiger partial charge is 0.489 e. The molecule has 1 N–H and O–H groups in total. The molecule has 3 aromatic carbocycles. The maximum Gasteiger partial charge on any atom is 0.271 e. The summed E-state index contributed by atoms with van der Waals surface area (Å²) in [5, 5.41) is 4.11. The number of nitrogens with zero attached hydrogens (tertiary/aromatic N) is 1. The van der Waals surface area contributed by atoms with Gasteiger partial charge in [0.05, 0.1) is 6.21 Å². The molecule has 0 atom stereocenters. The monoisotopic (exact) mass is 372 g/mol. The third-order valence-electron chi connectivity index (χ3n) is 4.46. The predicted octanol–water partition coefficient (Wildman–Crippen LogP) is 4.95. The number of carbonyl (C=O) groups is 1. The average Bonchev–Trinajstić information content (AvgIpc) is 2.69. The number of hydrogen-bond acceptors (Lipinski definition) is 3. The first-order valence-corrected chi connectivity index (χ1v) is 9.21. The molecule has 0 aliphatic heterocycles. The quantitative estimate of drug-likeness (QED) is 0.491. The first-order valence-electron chi connectivity index (χ1n) is 9.21. The molecule has 0 radical (unpaired) electrons. The van der Waals surface area contributed by atoms with Crippen molar-refractivity contribution < 1.29 is 9.53 Å². The molecule has 0 unspecified atom stereocenters. The SMILES string of the molecule is Cc1cc(C)c(C=NNC(=O)c2ccc(OCc3ccccc3)cc2)c(C)c1. The van der Waals surface area contributed by atoms with Crippen LogP contribution in [0, 0.1) is 20.8 Å². The van der Waals surface area contributed by atoms with Crippen molar-refractivity contribution in [3.8, 4) is 5.75 Å². The third kappa shape index (κ3) is 5.07. The summed E-state index contributed by atoms with van der Waals surface area (Å²) >= 11 is 0. The smallest absolute Gasteiger partial charge is 0.271 e. The number of ether oxygens (including phenoxy) is 1. The predicted molar refractivity (Wildman–Crippen MR) is 113 cm³/mol. The second-order valence-corrected chi connectivity index (χ2v) is 6.81. The van der Waals surface area contributed by atoms with Crippen molar-refractivity contribution in [2.45, 2.75) is 27.4 Å². The molecule has 0 saturated carbocycles. The van der Waals surface area contributed by atoms with Crippen molar-refractivity contribution in [1.82, 2.24) is 5.43 Å². The van der Waals surface area contributed by atoms with Crippen LogP contribution in [0.25, 0.3) is 0 Å². The second kappa shape index (κ2) is 9.00. The molecular formula is C24H24N2O2. The van der Waals surface area contributed by atoms with Gasteiger partial charge in [-0.1, -0.05) is 48.0 Å². The number of carbonyl (C=O) groups excluding carboxylic acids is 1. The zero-order valence-electron chi connectivity index (χ0n) is 16.4. The molecule has 28 heavy (non-hydrogen) atoms. The fourth-order valence-electron chi connectivity index (χ4n) is 3.06. The van der Waals surface area contributed by atoms with E-state index in [2.05, 4.69) is 29.6 Å². The topological polar surface area (TPSA) is 50.7 Å². The average molecular weight is 372 g/mol. The Morgan fingerprint density at radius 3 is 2.25 bits per heavy atom. The van der Waals surface area contributed by atoms with Gasteiger partial charge in [-0.3, -0.25) is 4.79 Å². The number of hydrogen-bond donors (Lipinski definition) is 1. The summed E-state index contributed by atoms with van der Waals surface area (Å²) in [6.07, 6.45) is 1.69. The van der Waals surface area contributed by atoms with Crippen LogP contribution in [0.15, 0.2) is 71.8 Å². The molecule has 0 fully saturated rings. The van der Waals surface area contributed by atoms with Gasteiger partial charge in [0.25, 0.3) is 5.91 Å². The van der Waals surface area contributed by atoms with E-state index in [0.29, 0.717) is 12.2 Å². The molecule has 1 amide bonds. The van der Waals surface area contributed by atoms with Crippen LogP contribution in [0.4, 0.5) is 0 Å². The second-order valence-electron chi connectivity index (χ2n) is 6.81. The molecular weight excluding hydrogens is 348 g/mol. The third-order valence-corrected chi connectivity index (χ3v) is 4.46. The fourth-order valence-corrected chi connectivity index (χ4v) is 3.06. The highest BCUT2D eigenvalue weighted by Gasteiger charge is 2.05. The Bertz CT molecular complexity index is 954. The van der Waals surface area contributed by atoms with Gasteiger partial charge in [0.2, 0.25) is 0 Å². The number of amides is 1. The van der Waals surface area contributed by atoms with Crippen LogP contribution in [0.3, 0.4) is 0 Å². The normalized spacial score (nSPS) is 10.8. The molecule has 0 aliphatic carbocycles. The highest BCUT2D eigenvalue weighted by Crippen LogP contribution is 2.15.